The first-order chi connectivity index (χ1) is 12.5. The number of ether oxygens (including phenoxy) is 2. The lowest BCUT2D eigenvalue weighted by Gasteiger charge is -2.29. The Morgan fingerprint density at radius 1 is 1.15 bits per heavy atom. The van der Waals surface area contributed by atoms with Gasteiger partial charge in [0, 0.05) is 35.6 Å². The maximum Gasteiger partial charge on any atom is 0.265 e. The van der Waals surface area contributed by atoms with E-state index in [1.807, 2.05) is 24.3 Å². The summed E-state index contributed by atoms with van der Waals surface area (Å²) < 4.78 is 11.0. The van der Waals surface area contributed by atoms with Crippen molar-refractivity contribution in [2.75, 3.05) is 36.5 Å². The van der Waals surface area contributed by atoms with Crippen LogP contribution in [0.15, 0.2) is 42.5 Å². The second-order valence-electron chi connectivity index (χ2n) is 5.97. The molecule has 3 rings (SSSR count). The third-order valence-corrected chi connectivity index (χ3v) is 4.62. The van der Waals surface area contributed by atoms with Crippen molar-refractivity contribution in [3.05, 3.63) is 52.5 Å². The molecule has 1 fully saturated rings. The zero-order valence-electron chi connectivity index (χ0n) is 14.4. The van der Waals surface area contributed by atoms with E-state index in [1.165, 1.54) is 0 Å². The van der Waals surface area contributed by atoms with Crippen molar-refractivity contribution in [2.45, 2.75) is 13.0 Å². The summed E-state index contributed by atoms with van der Waals surface area (Å²) in [6.45, 7) is 4.88. The van der Waals surface area contributed by atoms with Gasteiger partial charge in [-0.25, -0.2) is 0 Å². The molecule has 0 aromatic heterocycles. The summed E-state index contributed by atoms with van der Waals surface area (Å²) in [6, 6.07) is 12.6. The number of morpholine rings is 1. The molecule has 1 N–H and O–H groups in total. The molecule has 1 aliphatic heterocycles. The van der Waals surface area contributed by atoms with Crippen molar-refractivity contribution in [3.63, 3.8) is 0 Å². The summed E-state index contributed by atoms with van der Waals surface area (Å²) >= 11 is 12.0. The minimum atomic E-state index is -0.718. The van der Waals surface area contributed by atoms with Gasteiger partial charge in [0.1, 0.15) is 5.75 Å². The highest BCUT2D eigenvalue weighted by Crippen LogP contribution is 2.28. The number of hydrogen-bond acceptors (Lipinski definition) is 4. The number of nitrogens with zero attached hydrogens (tertiary/aromatic N) is 1. The van der Waals surface area contributed by atoms with E-state index in [4.69, 9.17) is 32.7 Å². The predicted octanol–water partition coefficient (Wildman–Crippen LogP) is 4.24. The Morgan fingerprint density at radius 2 is 1.85 bits per heavy atom. The Morgan fingerprint density at radius 3 is 2.54 bits per heavy atom. The van der Waals surface area contributed by atoms with Gasteiger partial charge < -0.3 is 19.7 Å². The normalized spacial score (nSPS) is 15.4. The van der Waals surface area contributed by atoms with Crippen LogP contribution in [0.4, 0.5) is 11.4 Å². The Kier molecular flexibility index (Phi) is 6.25. The van der Waals surface area contributed by atoms with Gasteiger partial charge in [-0.1, -0.05) is 23.2 Å². The fraction of sp³-hybridized carbons (Fsp3) is 0.316. The average Bonchev–Trinajstić information content (AvgIpc) is 2.66. The van der Waals surface area contributed by atoms with E-state index in [2.05, 4.69) is 10.2 Å². The molecule has 1 amide bonds. The SMILES string of the molecule is CC(Oc1cc(Cl)ccc1Cl)C(=O)Nc1ccc(N2CCOCC2)cc1. The molecule has 2 aromatic carbocycles. The summed E-state index contributed by atoms with van der Waals surface area (Å²) in [6.07, 6.45) is -0.718. The summed E-state index contributed by atoms with van der Waals surface area (Å²) in [5.41, 5.74) is 1.82. The van der Waals surface area contributed by atoms with E-state index in [-0.39, 0.29) is 5.91 Å². The summed E-state index contributed by atoms with van der Waals surface area (Å²) in [4.78, 5) is 14.6. The highest BCUT2D eigenvalue weighted by atomic mass is 35.5. The van der Waals surface area contributed by atoms with Gasteiger partial charge in [-0.15, -0.1) is 0 Å². The van der Waals surface area contributed by atoms with Gasteiger partial charge in [0.2, 0.25) is 0 Å². The van der Waals surface area contributed by atoms with Crippen LogP contribution in [0.5, 0.6) is 5.75 Å². The predicted molar refractivity (Wildman–Crippen MR) is 105 cm³/mol. The van der Waals surface area contributed by atoms with E-state index in [1.54, 1.807) is 25.1 Å². The molecule has 0 saturated carbocycles. The maximum absolute atomic E-state index is 12.4. The number of halogens is 2. The van der Waals surface area contributed by atoms with Crippen LogP contribution in [0.25, 0.3) is 0 Å². The average molecular weight is 395 g/mol. The lowest BCUT2D eigenvalue weighted by Crippen LogP contribution is -2.36. The van der Waals surface area contributed by atoms with E-state index >= 15 is 0 Å². The standard InChI is InChI=1S/C19H20Cl2N2O3/c1-13(26-18-12-14(20)2-7-17(18)21)19(24)22-15-3-5-16(6-4-15)23-8-10-25-11-9-23/h2-7,12-13H,8-11H2,1H3,(H,22,24). The van der Waals surface area contributed by atoms with Gasteiger partial charge in [-0.3, -0.25) is 4.79 Å². The molecule has 26 heavy (non-hydrogen) atoms. The zero-order chi connectivity index (χ0) is 18.5. The van der Waals surface area contributed by atoms with Crippen molar-refractivity contribution in [1.82, 2.24) is 0 Å². The van der Waals surface area contributed by atoms with Gasteiger partial charge >= 0.3 is 0 Å². The molecule has 5 nitrogen and oxygen atoms in total. The topological polar surface area (TPSA) is 50.8 Å². The minimum absolute atomic E-state index is 0.264. The number of anilines is 2. The summed E-state index contributed by atoms with van der Waals surface area (Å²) in [7, 11) is 0. The van der Waals surface area contributed by atoms with Crippen molar-refractivity contribution in [3.8, 4) is 5.75 Å². The molecule has 1 heterocycles. The van der Waals surface area contributed by atoms with Crippen molar-refractivity contribution >= 4 is 40.5 Å². The fourth-order valence-corrected chi connectivity index (χ4v) is 2.96. The first-order valence-electron chi connectivity index (χ1n) is 8.38. The van der Waals surface area contributed by atoms with E-state index in [9.17, 15) is 4.79 Å². The second-order valence-corrected chi connectivity index (χ2v) is 6.81. The Hall–Kier alpha value is -1.95. The molecule has 1 unspecified atom stereocenters. The molecule has 1 atom stereocenters. The van der Waals surface area contributed by atoms with Crippen LogP contribution in [0.3, 0.4) is 0 Å². The van der Waals surface area contributed by atoms with Crippen LogP contribution < -0.4 is 15.0 Å². The summed E-state index contributed by atoms with van der Waals surface area (Å²) in [5.74, 6) is 0.115. The zero-order valence-corrected chi connectivity index (χ0v) is 15.9. The van der Waals surface area contributed by atoms with Crippen molar-refractivity contribution < 1.29 is 14.3 Å². The Balaban J connectivity index is 1.59. The molecule has 138 valence electrons. The van der Waals surface area contributed by atoms with Gasteiger partial charge in [0.25, 0.3) is 5.91 Å². The number of rotatable bonds is 5. The van der Waals surface area contributed by atoms with Crippen LogP contribution in [0, 0.1) is 0 Å². The molecule has 0 bridgehead atoms. The van der Waals surface area contributed by atoms with Crippen LogP contribution in [0.2, 0.25) is 10.0 Å². The van der Waals surface area contributed by atoms with Gasteiger partial charge in [-0.2, -0.15) is 0 Å². The highest BCUT2D eigenvalue weighted by Gasteiger charge is 2.17. The lowest BCUT2D eigenvalue weighted by molar-refractivity contribution is -0.122. The number of carbonyl (C=O) groups is 1. The maximum atomic E-state index is 12.4. The molecule has 1 saturated heterocycles. The molecular weight excluding hydrogens is 375 g/mol. The highest BCUT2D eigenvalue weighted by molar-refractivity contribution is 6.34. The fourth-order valence-electron chi connectivity index (χ4n) is 2.63. The van der Waals surface area contributed by atoms with E-state index in [0.717, 1.165) is 32.0 Å². The van der Waals surface area contributed by atoms with Crippen molar-refractivity contribution in [2.24, 2.45) is 0 Å². The minimum Gasteiger partial charge on any atom is -0.479 e. The number of carbonyl (C=O) groups excluding carboxylic acids is 1. The van der Waals surface area contributed by atoms with Gasteiger partial charge in [0.15, 0.2) is 6.10 Å². The third kappa shape index (κ3) is 4.81. The quantitative estimate of drug-likeness (QED) is 0.823. The number of nitrogens with one attached hydrogen (secondary N) is 1. The van der Waals surface area contributed by atoms with E-state index < -0.39 is 6.10 Å². The van der Waals surface area contributed by atoms with Crippen LogP contribution in [0.1, 0.15) is 6.92 Å². The van der Waals surface area contributed by atoms with Crippen LogP contribution >= 0.6 is 23.2 Å². The molecule has 7 heteroatoms. The Labute approximate surface area is 162 Å². The molecule has 0 spiro atoms. The molecular formula is C19H20Cl2N2O3. The van der Waals surface area contributed by atoms with Crippen molar-refractivity contribution in [1.29, 1.82) is 0 Å². The third-order valence-electron chi connectivity index (χ3n) is 4.08. The second kappa shape index (κ2) is 8.62. The summed E-state index contributed by atoms with van der Waals surface area (Å²) in [5, 5.41) is 3.75. The number of benzene rings is 2. The lowest BCUT2D eigenvalue weighted by atomic mass is 10.2. The van der Waals surface area contributed by atoms with E-state index in [0.29, 0.717) is 21.5 Å². The van der Waals surface area contributed by atoms with Gasteiger partial charge in [-0.05, 0) is 43.3 Å². The first-order valence-corrected chi connectivity index (χ1v) is 9.14. The monoisotopic (exact) mass is 394 g/mol. The van der Waals surface area contributed by atoms with Gasteiger partial charge in [0.05, 0.1) is 18.2 Å². The number of hydrogen-bond donors (Lipinski definition) is 1. The first kappa shape index (κ1) is 18.8. The van der Waals surface area contributed by atoms with Crippen LogP contribution in [-0.2, 0) is 9.53 Å². The largest absolute Gasteiger partial charge is 0.479 e. The molecule has 1 aliphatic rings. The Bertz CT molecular complexity index is 762. The smallest absolute Gasteiger partial charge is 0.265 e. The number of amides is 1. The molecule has 2 aromatic rings. The molecule has 0 aliphatic carbocycles. The van der Waals surface area contributed by atoms with Crippen LogP contribution in [-0.4, -0.2) is 38.3 Å². The molecule has 0 radical (unpaired) electrons.